The minimum absolute atomic E-state index is 0.0575. The molecule has 0 aliphatic carbocycles. The number of carboxylic acid groups (broad SMARTS) is 1. The number of carbonyl (C=O) groups is 1. The average molecular weight is 382 g/mol. The number of rotatable bonds is 3. The van der Waals surface area contributed by atoms with Crippen LogP contribution in [0.3, 0.4) is 0 Å². The number of halogens is 1. The summed E-state index contributed by atoms with van der Waals surface area (Å²) < 4.78 is 16.4. The normalized spacial score (nSPS) is 14.8. The molecule has 1 saturated heterocycles. The molecule has 28 heavy (non-hydrogen) atoms. The number of pyridine rings is 2. The van der Waals surface area contributed by atoms with E-state index in [0.717, 1.165) is 19.0 Å². The fraction of sp³-hybridized carbons (Fsp3) is 0.250. The lowest BCUT2D eigenvalue weighted by Crippen LogP contribution is -2.30. The summed E-state index contributed by atoms with van der Waals surface area (Å²) in [5.74, 6) is -1.82. The molecular formula is C20H19FN4O3. The van der Waals surface area contributed by atoms with Gasteiger partial charge in [0.15, 0.2) is 17.3 Å². The predicted octanol–water partition coefficient (Wildman–Crippen LogP) is 2.02. The van der Waals surface area contributed by atoms with Gasteiger partial charge < -0.3 is 19.9 Å². The number of fused-ring (bicyclic) bond motifs is 1. The van der Waals surface area contributed by atoms with Gasteiger partial charge in [0.2, 0.25) is 5.43 Å². The summed E-state index contributed by atoms with van der Waals surface area (Å²) >= 11 is 0. The second-order valence-corrected chi connectivity index (χ2v) is 6.64. The second-order valence-electron chi connectivity index (χ2n) is 6.64. The van der Waals surface area contributed by atoms with Gasteiger partial charge in [0, 0.05) is 31.5 Å². The molecule has 0 amide bonds. The zero-order chi connectivity index (χ0) is 19.7. The van der Waals surface area contributed by atoms with E-state index < -0.39 is 22.8 Å². The highest BCUT2D eigenvalue weighted by Crippen LogP contribution is 2.24. The molecule has 0 radical (unpaired) electrons. The van der Waals surface area contributed by atoms with Crippen molar-refractivity contribution < 1.29 is 14.3 Å². The summed E-state index contributed by atoms with van der Waals surface area (Å²) in [6.45, 7) is 2.80. The summed E-state index contributed by atoms with van der Waals surface area (Å²) in [7, 11) is 0. The first kappa shape index (κ1) is 18.1. The second kappa shape index (κ2) is 7.40. The Morgan fingerprint density at radius 1 is 1.18 bits per heavy atom. The molecule has 0 saturated carbocycles. The highest BCUT2D eigenvalue weighted by molar-refractivity contribution is 5.92. The smallest absolute Gasteiger partial charge is 0.341 e. The maximum atomic E-state index is 14.9. The molecule has 3 aromatic rings. The van der Waals surface area contributed by atoms with Gasteiger partial charge in [0.1, 0.15) is 5.56 Å². The van der Waals surface area contributed by atoms with Crippen LogP contribution in [0.5, 0.6) is 0 Å². The van der Waals surface area contributed by atoms with Crippen molar-refractivity contribution in [3.8, 4) is 5.69 Å². The standard InChI is InChI=1S/C20H19FN4O3/c21-16-11-14-17(26)15(20(27)28)12-25(13-5-2-1-3-6-13)18(14)23-19(16)24-9-4-7-22-8-10-24/h1-3,5-6,11-12,22H,4,7-10H2,(H,27,28). The summed E-state index contributed by atoms with van der Waals surface area (Å²) in [5, 5.41) is 12.6. The van der Waals surface area contributed by atoms with Crippen molar-refractivity contribution in [2.75, 3.05) is 31.1 Å². The Labute approximate surface area is 160 Å². The average Bonchev–Trinajstić information content (AvgIpc) is 2.98. The molecule has 0 unspecified atom stereocenters. The van der Waals surface area contributed by atoms with Crippen LogP contribution in [0.25, 0.3) is 16.7 Å². The Hall–Kier alpha value is -3.26. The van der Waals surface area contributed by atoms with Gasteiger partial charge in [-0.3, -0.25) is 4.79 Å². The Balaban J connectivity index is 2.00. The molecular weight excluding hydrogens is 363 g/mol. The lowest BCUT2D eigenvalue weighted by molar-refractivity contribution is 0.0695. The van der Waals surface area contributed by atoms with Gasteiger partial charge in [-0.05, 0) is 31.2 Å². The number of para-hydroxylation sites is 1. The topological polar surface area (TPSA) is 87.5 Å². The summed E-state index contributed by atoms with van der Waals surface area (Å²) in [5.41, 5.74) is -0.304. The third-order valence-corrected chi connectivity index (χ3v) is 4.82. The SMILES string of the molecule is O=C(O)c1cn(-c2ccccc2)c2nc(N3CCCNCC3)c(F)cc2c1=O. The molecule has 0 bridgehead atoms. The highest BCUT2D eigenvalue weighted by Gasteiger charge is 2.21. The third-order valence-electron chi connectivity index (χ3n) is 4.82. The molecule has 0 atom stereocenters. The van der Waals surface area contributed by atoms with Crippen LogP contribution >= 0.6 is 0 Å². The van der Waals surface area contributed by atoms with E-state index in [-0.39, 0.29) is 16.9 Å². The predicted molar refractivity (Wildman–Crippen MR) is 104 cm³/mol. The molecule has 3 heterocycles. The largest absolute Gasteiger partial charge is 0.477 e. The Morgan fingerprint density at radius 3 is 2.71 bits per heavy atom. The number of carboxylic acids is 1. The van der Waals surface area contributed by atoms with Gasteiger partial charge in [-0.25, -0.2) is 14.2 Å². The third kappa shape index (κ3) is 3.22. The van der Waals surface area contributed by atoms with E-state index in [1.165, 1.54) is 10.8 Å². The van der Waals surface area contributed by atoms with Crippen LogP contribution < -0.4 is 15.6 Å². The molecule has 7 nitrogen and oxygen atoms in total. The van der Waals surface area contributed by atoms with Crippen molar-refractivity contribution in [2.45, 2.75) is 6.42 Å². The van der Waals surface area contributed by atoms with Crippen molar-refractivity contribution in [2.24, 2.45) is 0 Å². The van der Waals surface area contributed by atoms with Gasteiger partial charge in [-0.15, -0.1) is 0 Å². The highest BCUT2D eigenvalue weighted by atomic mass is 19.1. The number of nitrogens with zero attached hydrogens (tertiary/aromatic N) is 3. The van der Waals surface area contributed by atoms with Gasteiger partial charge in [0.25, 0.3) is 0 Å². The molecule has 1 aliphatic rings. The first-order valence-corrected chi connectivity index (χ1v) is 9.06. The quantitative estimate of drug-likeness (QED) is 0.721. The van der Waals surface area contributed by atoms with Gasteiger partial charge >= 0.3 is 5.97 Å². The number of aromatic nitrogens is 2. The summed E-state index contributed by atoms with van der Waals surface area (Å²) in [6, 6.07) is 10.1. The van der Waals surface area contributed by atoms with E-state index in [1.54, 1.807) is 24.3 Å². The van der Waals surface area contributed by atoms with E-state index in [9.17, 15) is 19.1 Å². The lowest BCUT2D eigenvalue weighted by Gasteiger charge is -2.22. The lowest BCUT2D eigenvalue weighted by atomic mass is 10.1. The van der Waals surface area contributed by atoms with Crippen LogP contribution in [-0.2, 0) is 0 Å². The molecule has 144 valence electrons. The summed E-state index contributed by atoms with van der Waals surface area (Å²) in [4.78, 5) is 30.5. The number of anilines is 1. The minimum atomic E-state index is -1.36. The molecule has 1 aromatic carbocycles. The van der Waals surface area contributed by atoms with E-state index >= 15 is 0 Å². The number of hydrogen-bond donors (Lipinski definition) is 2. The number of nitrogens with one attached hydrogen (secondary N) is 1. The zero-order valence-corrected chi connectivity index (χ0v) is 15.1. The minimum Gasteiger partial charge on any atom is -0.477 e. The van der Waals surface area contributed by atoms with Crippen molar-refractivity contribution in [3.63, 3.8) is 0 Å². The van der Waals surface area contributed by atoms with Crippen LogP contribution in [0, 0.1) is 5.82 Å². The fourth-order valence-electron chi connectivity index (χ4n) is 3.43. The summed E-state index contributed by atoms with van der Waals surface area (Å²) in [6.07, 6.45) is 2.10. The monoisotopic (exact) mass is 382 g/mol. The van der Waals surface area contributed by atoms with E-state index in [0.29, 0.717) is 25.3 Å². The van der Waals surface area contributed by atoms with E-state index in [4.69, 9.17) is 0 Å². The molecule has 8 heteroatoms. The van der Waals surface area contributed by atoms with Crippen molar-refractivity contribution in [1.29, 1.82) is 0 Å². The molecule has 1 aliphatic heterocycles. The van der Waals surface area contributed by atoms with Crippen LogP contribution in [0.1, 0.15) is 16.8 Å². The maximum absolute atomic E-state index is 14.9. The number of benzene rings is 1. The Morgan fingerprint density at radius 2 is 1.96 bits per heavy atom. The van der Waals surface area contributed by atoms with E-state index in [1.807, 2.05) is 11.0 Å². The number of aromatic carboxylic acids is 1. The zero-order valence-electron chi connectivity index (χ0n) is 15.1. The van der Waals surface area contributed by atoms with Gasteiger partial charge in [-0.2, -0.15) is 0 Å². The molecule has 2 aromatic heterocycles. The van der Waals surface area contributed by atoms with Crippen molar-refractivity contribution >= 4 is 22.8 Å². The molecule has 2 N–H and O–H groups in total. The molecule has 1 fully saturated rings. The van der Waals surface area contributed by atoms with Crippen LogP contribution in [-0.4, -0.2) is 46.8 Å². The first-order chi connectivity index (χ1) is 13.6. The van der Waals surface area contributed by atoms with Gasteiger partial charge in [-0.1, -0.05) is 18.2 Å². The van der Waals surface area contributed by atoms with Crippen LogP contribution in [0.15, 0.2) is 47.4 Å². The fourth-order valence-corrected chi connectivity index (χ4v) is 3.43. The molecule has 0 spiro atoms. The Kier molecular flexibility index (Phi) is 4.79. The Bertz CT molecular complexity index is 1090. The van der Waals surface area contributed by atoms with Crippen LogP contribution in [0.2, 0.25) is 0 Å². The molecule has 4 rings (SSSR count). The van der Waals surface area contributed by atoms with Crippen molar-refractivity contribution in [1.82, 2.24) is 14.9 Å². The maximum Gasteiger partial charge on any atom is 0.341 e. The van der Waals surface area contributed by atoms with Gasteiger partial charge in [0.05, 0.1) is 5.39 Å². The van der Waals surface area contributed by atoms with E-state index in [2.05, 4.69) is 10.3 Å². The number of hydrogen-bond acceptors (Lipinski definition) is 5. The van der Waals surface area contributed by atoms with Crippen LogP contribution in [0.4, 0.5) is 10.2 Å². The first-order valence-electron chi connectivity index (χ1n) is 9.06. The van der Waals surface area contributed by atoms with Crippen molar-refractivity contribution in [3.05, 3.63) is 64.2 Å².